The maximum absolute atomic E-state index is 13.5. The van der Waals surface area contributed by atoms with Gasteiger partial charge in [-0.2, -0.15) is 4.98 Å². The fourth-order valence-corrected chi connectivity index (χ4v) is 1.08. The van der Waals surface area contributed by atoms with Gasteiger partial charge in [0.25, 0.3) is 5.89 Å². The van der Waals surface area contributed by atoms with E-state index in [2.05, 4.69) is 15.1 Å². The molecule has 2 rings (SSSR count). The van der Waals surface area contributed by atoms with Gasteiger partial charge >= 0.3 is 0 Å². The van der Waals surface area contributed by atoms with Crippen molar-refractivity contribution in [2.24, 2.45) is 0 Å². The van der Waals surface area contributed by atoms with Crippen LogP contribution in [0.2, 0.25) is 0 Å². The average Bonchev–Trinajstić information content (AvgIpc) is 2.64. The first kappa shape index (κ1) is 9.57. The maximum atomic E-state index is 13.5. The molecule has 15 heavy (non-hydrogen) atoms. The molecule has 0 aliphatic heterocycles. The van der Waals surface area contributed by atoms with Crippen molar-refractivity contribution in [3.05, 3.63) is 23.9 Å². The molecular weight excluding hydrogens is 201 g/mol. The third-order valence-corrected chi connectivity index (χ3v) is 1.78. The van der Waals surface area contributed by atoms with Crippen LogP contribution in [0.15, 0.2) is 16.8 Å². The normalized spacial score (nSPS) is 10.3. The smallest absolute Gasteiger partial charge is 0.279 e. The Balaban J connectivity index is 2.45. The Labute approximate surface area is 84.9 Å². The Hall–Kier alpha value is -1.98. The van der Waals surface area contributed by atoms with Crippen LogP contribution in [0, 0.1) is 12.7 Å². The fourth-order valence-electron chi connectivity index (χ4n) is 1.08. The lowest BCUT2D eigenvalue weighted by molar-refractivity contribution is 0.406. The zero-order valence-corrected chi connectivity index (χ0v) is 8.19. The molecule has 0 aromatic carbocycles. The van der Waals surface area contributed by atoms with E-state index in [9.17, 15) is 4.39 Å². The minimum absolute atomic E-state index is 0.0244. The van der Waals surface area contributed by atoms with Gasteiger partial charge in [-0.25, -0.2) is 9.37 Å². The molecule has 5 nitrogen and oxygen atoms in total. The Morgan fingerprint density at radius 3 is 2.80 bits per heavy atom. The number of nitrogens with zero attached hydrogens (tertiary/aromatic N) is 3. The third-order valence-electron chi connectivity index (χ3n) is 1.78. The van der Waals surface area contributed by atoms with Gasteiger partial charge in [-0.05, 0) is 6.92 Å². The van der Waals surface area contributed by atoms with E-state index in [0.29, 0.717) is 11.6 Å². The highest BCUT2D eigenvalue weighted by atomic mass is 19.1. The summed E-state index contributed by atoms with van der Waals surface area (Å²) in [6.45, 7) is 1.65. The maximum Gasteiger partial charge on any atom is 0.279 e. The van der Waals surface area contributed by atoms with Gasteiger partial charge in [0.2, 0.25) is 0 Å². The number of halogens is 1. The summed E-state index contributed by atoms with van der Waals surface area (Å²) in [5.74, 6) is 0.278. The summed E-state index contributed by atoms with van der Waals surface area (Å²) in [6.07, 6.45) is 1.39. The van der Waals surface area contributed by atoms with Crippen molar-refractivity contribution in [2.75, 3.05) is 7.11 Å². The van der Waals surface area contributed by atoms with Gasteiger partial charge in [-0.1, -0.05) is 5.16 Å². The number of ether oxygens (including phenoxy) is 1. The number of aryl methyl sites for hydroxylation is 1. The second-order valence-corrected chi connectivity index (χ2v) is 2.85. The van der Waals surface area contributed by atoms with Crippen molar-refractivity contribution in [3.63, 3.8) is 0 Å². The molecule has 0 radical (unpaired) electrons. The van der Waals surface area contributed by atoms with Crippen LogP contribution in [-0.2, 0) is 0 Å². The van der Waals surface area contributed by atoms with Crippen LogP contribution in [0.5, 0.6) is 5.75 Å². The zero-order valence-electron chi connectivity index (χ0n) is 8.19. The van der Waals surface area contributed by atoms with Crippen molar-refractivity contribution >= 4 is 0 Å². The van der Waals surface area contributed by atoms with Crippen LogP contribution in [0.1, 0.15) is 5.82 Å². The monoisotopic (exact) mass is 209 g/mol. The van der Waals surface area contributed by atoms with E-state index in [1.807, 2.05) is 0 Å². The van der Waals surface area contributed by atoms with Crippen molar-refractivity contribution in [2.45, 2.75) is 6.92 Å². The number of pyridine rings is 1. The SMILES string of the molecule is COc1cnc(-c2nc(C)no2)c(F)c1. The van der Waals surface area contributed by atoms with Gasteiger partial charge in [0.05, 0.1) is 13.3 Å². The molecule has 0 saturated heterocycles. The second kappa shape index (κ2) is 3.64. The lowest BCUT2D eigenvalue weighted by Crippen LogP contribution is -1.92. The van der Waals surface area contributed by atoms with E-state index in [4.69, 9.17) is 9.26 Å². The van der Waals surface area contributed by atoms with E-state index in [1.54, 1.807) is 6.92 Å². The highest BCUT2D eigenvalue weighted by molar-refractivity contribution is 5.48. The lowest BCUT2D eigenvalue weighted by atomic mass is 10.3. The third kappa shape index (κ3) is 1.78. The first-order chi connectivity index (χ1) is 7.20. The highest BCUT2D eigenvalue weighted by Crippen LogP contribution is 2.21. The summed E-state index contributed by atoms with van der Waals surface area (Å²) >= 11 is 0. The van der Waals surface area contributed by atoms with Crippen molar-refractivity contribution in [3.8, 4) is 17.3 Å². The van der Waals surface area contributed by atoms with E-state index < -0.39 is 5.82 Å². The first-order valence-electron chi connectivity index (χ1n) is 4.21. The van der Waals surface area contributed by atoms with E-state index in [-0.39, 0.29) is 11.6 Å². The minimum Gasteiger partial charge on any atom is -0.495 e. The molecule has 0 atom stereocenters. The predicted octanol–water partition coefficient (Wildman–Crippen LogP) is 1.59. The van der Waals surface area contributed by atoms with Crippen LogP contribution in [-0.4, -0.2) is 22.2 Å². The molecule has 2 heterocycles. The first-order valence-corrected chi connectivity index (χ1v) is 4.21. The largest absolute Gasteiger partial charge is 0.495 e. The topological polar surface area (TPSA) is 61.0 Å². The van der Waals surface area contributed by atoms with Gasteiger partial charge in [-0.15, -0.1) is 0 Å². The van der Waals surface area contributed by atoms with Crippen LogP contribution in [0.3, 0.4) is 0 Å². The van der Waals surface area contributed by atoms with E-state index in [0.717, 1.165) is 0 Å². The van der Waals surface area contributed by atoms with Gasteiger partial charge < -0.3 is 9.26 Å². The number of hydrogen-bond donors (Lipinski definition) is 0. The molecule has 2 aromatic rings. The van der Waals surface area contributed by atoms with Crippen molar-refractivity contribution in [1.82, 2.24) is 15.1 Å². The molecule has 0 fully saturated rings. The second-order valence-electron chi connectivity index (χ2n) is 2.85. The van der Waals surface area contributed by atoms with Gasteiger partial charge in [0.1, 0.15) is 5.75 Å². The minimum atomic E-state index is -0.557. The summed E-state index contributed by atoms with van der Waals surface area (Å²) in [6, 6.07) is 1.21. The Morgan fingerprint density at radius 1 is 1.47 bits per heavy atom. The number of aromatic nitrogens is 3. The number of rotatable bonds is 2. The molecule has 0 amide bonds. The molecule has 2 aromatic heterocycles. The Bertz CT molecular complexity index is 484. The molecule has 0 unspecified atom stereocenters. The van der Waals surface area contributed by atoms with Crippen LogP contribution >= 0.6 is 0 Å². The highest BCUT2D eigenvalue weighted by Gasteiger charge is 2.14. The summed E-state index contributed by atoms with van der Waals surface area (Å²) in [5.41, 5.74) is 0.0244. The predicted molar refractivity (Wildman–Crippen MR) is 48.8 cm³/mol. The Morgan fingerprint density at radius 2 is 2.27 bits per heavy atom. The van der Waals surface area contributed by atoms with Crippen LogP contribution in [0.4, 0.5) is 4.39 Å². The summed E-state index contributed by atoms with van der Waals surface area (Å²) in [7, 11) is 1.44. The zero-order chi connectivity index (χ0) is 10.8. The molecule has 0 aliphatic rings. The summed E-state index contributed by atoms with van der Waals surface area (Å²) in [5, 5.41) is 3.55. The molecule has 0 N–H and O–H groups in total. The molecule has 6 heteroatoms. The molecule has 0 bridgehead atoms. The van der Waals surface area contributed by atoms with Crippen molar-refractivity contribution in [1.29, 1.82) is 0 Å². The fraction of sp³-hybridized carbons (Fsp3) is 0.222. The molecule has 78 valence electrons. The Kier molecular flexibility index (Phi) is 2.32. The molecule has 0 aliphatic carbocycles. The quantitative estimate of drug-likeness (QED) is 0.751. The van der Waals surface area contributed by atoms with Crippen molar-refractivity contribution < 1.29 is 13.7 Å². The van der Waals surface area contributed by atoms with Crippen LogP contribution in [0.25, 0.3) is 11.6 Å². The standard InChI is InChI=1S/C9H8FN3O2/c1-5-12-9(15-13-5)8-7(10)3-6(14-2)4-11-8/h3-4H,1-2H3. The average molecular weight is 209 g/mol. The molecular formula is C9H8FN3O2. The van der Waals surface area contributed by atoms with Gasteiger partial charge in [-0.3, -0.25) is 0 Å². The summed E-state index contributed by atoms with van der Waals surface area (Å²) in [4.78, 5) is 7.71. The number of methoxy groups -OCH3 is 1. The molecule has 0 spiro atoms. The van der Waals surface area contributed by atoms with Gasteiger partial charge in [0.15, 0.2) is 17.3 Å². The molecule has 0 saturated carbocycles. The van der Waals surface area contributed by atoms with Gasteiger partial charge in [0, 0.05) is 6.07 Å². The number of hydrogen-bond acceptors (Lipinski definition) is 5. The summed E-state index contributed by atoms with van der Waals surface area (Å²) < 4.78 is 23.1. The van der Waals surface area contributed by atoms with Crippen LogP contribution < -0.4 is 4.74 Å². The van der Waals surface area contributed by atoms with E-state index in [1.165, 1.54) is 19.4 Å². The van der Waals surface area contributed by atoms with E-state index >= 15 is 0 Å². The lowest BCUT2D eigenvalue weighted by Gasteiger charge is -2.00.